The first-order chi connectivity index (χ1) is 10.8. The topological polar surface area (TPSA) is 35.6 Å². The van der Waals surface area contributed by atoms with Crippen molar-refractivity contribution in [3.63, 3.8) is 0 Å². The zero-order valence-electron chi connectivity index (χ0n) is 13.3. The fourth-order valence-electron chi connectivity index (χ4n) is 3.39. The summed E-state index contributed by atoms with van der Waals surface area (Å²) in [4.78, 5) is 18.2. The predicted octanol–water partition coefficient (Wildman–Crippen LogP) is 2.20. The summed E-state index contributed by atoms with van der Waals surface area (Å²) >= 11 is 1.88. The van der Waals surface area contributed by atoms with Crippen molar-refractivity contribution in [2.75, 3.05) is 43.4 Å². The summed E-state index contributed by atoms with van der Waals surface area (Å²) in [5.74, 6) is 1.20. The number of likely N-dealkylation sites (N-methyl/N-ethyl adjacent to an activating group) is 1. The van der Waals surface area contributed by atoms with Crippen LogP contribution in [0, 0.1) is 0 Å². The molecule has 1 amide bonds. The number of rotatable bonds is 5. The maximum Gasteiger partial charge on any atom is 0.239 e. The molecular weight excluding hydrogens is 294 g/mol. The van der Waals surface area contributed by atoms with Gasteiger partial charge in [0.15, 0.2) is 0 Å². The first-order valence-corrected chi connectivity index (χ1v) is 9.24. The van der Waals surface area contributed by atoms with E-state index in [2.05, 4.69) is 40.2 Å². The zero-order chi connectivity index (χ0) is 15.4. The highest BCUT2D eigenvalue weighted by Gasteiger charge is 2.24. The first kappa shape index (κ1) is 15.7. The fourth-order valence-corrected chi connectivity index (χ4v) is 4.45. The lowest BCUT2D eigenvalue weighted by atomic mass is 10.2. The zero-order valence-corrected chi connectivity index (χ0v) is 14.1. The lowest BCUT2D eigenvalue weighted by Gasteiger charge is -2.30. The molecule has 0 aliphatic carbocycles. The van der Waals surface area contributed by atoms with Crippen molar-refractivity contribution < 1.29 is 4.79 Å². The molecular formula is C17H25N3OS. The van der Waals surface area contributed by atoms with E-state index in [1.54, 1.807) is 0 Å². The highest BCUT2D eigenvalue weighted by molar-refractivity contribution is 7.99. The number of carbonyl (C=O) groups is 1. The second-order valence-electron chi connectivity index (χ2n) is 5.97. The molecule has 2 heterocycles. The van der Waals surface area contributed by atoms with E-state index in [1.165, 1.54) is 30.0 Å². The van der Waals surface area contributed by atoms with Crippen LogP contribution in [-0.4, -0.2) is 55.3 Å². The monoisotopic (exact) mass is 319 g/mol. The van der Waals surface area contributed by atoms with Crippen LogP contribution < -0.4 is 10.2 Å². The van der Waals surface area contributed by atoms with Gasteiger partial charge < -0.3 is 10.2 Å². The SMILES string of the molecule is CCN1CCCC1CNC(=O)CN1CCSc2ccccc21. The van der Waals surface area contributed by atoms with E-state index < -0.39 is 0 Å². The number of benzene rings is 1. The summed E-state index contributed by atoms with van der Waals surface area (Å²) < 4.78 is 0. The van der Waals surface area contributed by atoms with E-state index in [1.807, 2.05) is 17.8 Å². The van der Waals surface area contributed by atoms with Gasteiger partial charge in [-0.1, -0.05) is 19.1 Å². The average Bonchev–Trinajstić information content (AvgIpc) is 3.01. The average molecular weight is 319 g/mol. The molecule has 1 unspecified atom stereocenters. The molecule has 0 saturated carbocycles. The maximum atomic E-state index is 12.3. The number of anilines is 1. The van der Waals surface area contributed by atoms with Crippen molar-refractivity contribution in [2.45, 2.75) is 30.7 Å². The number of thioether (sulfide) groups is 1. The molecule has 1 fully saturated rings. The van der Waals surface area contributed by atoms with Gasteiger partial charge in [0, 0.05) is 29.8 Å². The van der Waals surface area contributed by atoms with Crippen LogP contribution in [0.25, 0.3) is 0 Å². The van der Waals surface area contributed by atoms with Gasteiger partial charge >= 0.3 is 0 Å². The van der Waals surface area contributed by atoms with E-state index >= 15 is 0 Å². The number of carbonyl (C=O) groups excluding carboxylic acids is 1. The van der Waals surface area contributed by atoms with Crippen LogP contribution in [0.1, 0.15) is 19.8 Å². The van der Waals surface area contributed by atoms with Crippen molar-refractivity contribution in [3.05, 3.63) is 24.3 Å². The minimum absolute atomic E-state index is 0.143. The lowest BCUT2D eigenvalue weighted by Crippen LogP contribution is -2.44. The van der Waals surface area contributed by atoms with Gasteiger partial charge in [-0.3, -0.25) is 9.69 Å². The van der Waals surface area contributed by atoms with Crippen LogP contribution in [0.4, 0.5) is 5.69 Å². The molecule has 5 heteroatoms. The van der Waals surface area contributed by atoms with Gasteiger partial charge in [0.1, 0.15) is 0 Å². The van der Waals surface area contributed by atoms with E-state index in [4.69, 9.17) is 0 Å². The number of likely N-dealkylation sites (tertiary alicyclic amines) is 1. The van der Waals surface area contributed by atoms with Crippen molar-refractivity contribution in [2.24, 2.45) is 0 Å². The highest BCUT2D eigenvalue weighted by Crippen LogP contribution is 2.33. The third-order valence-corrected chi connectivity index (χ3v) is 5.64. The van der Waals surface area contributed by atoms with Gasteiger partial charge in [-0.05, 0) is 38.1 Å². The Hall–Kier alpha value is -1.20. The molecule has 0 spiro atoms. The number of amides is 1. The molecule has 1 saturated heterocycles. The van der Waals surface area contributed by atoms with E-state index in [-0.39, 0.29) is 5.91 Å². The summed E-state index contributed by atoms with van der Waals surface area (Å²) in [6, 6.07) is 8.90. The maximum absolute atomic E-state index is 12.3. The molecule has 120 valence electrons. The van der Waals surface area contributed by atoms with Gasteiger partial charge in [-0.15, -0.1) is 11.8 Å². The normalized spacial score (nSPS) is 21.7. The van der Waals surface area contributed by atoms with Crippen LogP contribution in [-0.2, 0) is 4.79 Å². The van der Waals surface area contributed by atoms with Crippen LogP contribution in [0.5, 0.6) is 0 Å². The molecule has 0 bridgehead atoms. The molecule has 1 aromatic carbocycles. The summed E-state index contributed by atoms with van der Waals surface area (Å²) in [5, 5.41) is 3.14. The summed E-state index contributed by atoms with van der Waals surface area (Å²) in [5.41, 5.74) is 1.20. The van der Waals surface area contributed by atoms with Gasteiger partial charge in [0.05, 0.1) is 12.2 Å². The van der Waals surface area contributed by atoms with E-state index in [0.29, 0.717) is 12.6 Å². The second-order valence-corrected chi connectivity index (χ2v) is 7.10. The minimum Gasteiger partial charge on any atom is -0.360 e. The molecule has 3 rings (SSSR count). The van der Waals surface area contributed by atoms with Gasteiger partial charge in [0.25, 0.3) is 0 Å². The number of nitrogens with one attached hydrogen (secondary N) is 1. The van der Waals surface area contributed by atoms with E-state index in [0.717, 1.165) is 25.4 Å². The summed E-state index contributed by atoms with van der Waals surface area (Å²) in [7, 11) is 0. The lowest BCUT2D eigenvalue weighted by molar-refractivity contribution is -0.120. The van der Waals surface area contributed by atoms with Crippen molar-refractivity contribution in [1.29, 1.82) is 0 Å². The second kappa shape index (κ2) is 7.38. The third-order valence-electron chi connectivity index (χ3n) is 4.60. The third kappa shape index (κ3) is 3.58. The number of hydrogen-bond acceptors (Lipinski definition) is 4. The first-order valence-electron chi connectivity index (χ1n) is 8.25. The summed E-state index contributed by atoms with van der Waals surface area (Å²) in [6.07, 6.45) is 2.46. The van der Waals surface area contributed by atoms with Crippen LogP contribution in [0.2, 0.25) is 0 Å². The fraction of sp³-hybridized carbons (Fsp3) is 0.588. The van der Waals surface area contributed by atoms with E-state index in [9.17, 15) is 4.79 Å². The van der Waals surface area contributed by atoms with Crippen LogP contribution >= 0.6 is 11.8 Å². The van der Waals surface area contributed by atoms with Crippen molar-refractivity contribution in [1.82, 2.24) is 10.2 Å². The Morgan fingerprint density at radius 1 is 1.36 bits per heavy atom. The highest BCUT2D eigenvalue weighted by atomic mass is 32.2. The minimum atomic E-state index is 0.143. The van der Waals surface area contributed by atoms with Crippen molar-refractivity contribution >= 4 is 23.4 Å². The largest absolute Gasteiger partial charge is 0.360 e. The Labute approximate surface area is 137 Å². The van der Waals surface area contributed by atoms with Gasteiger partial charge in [-0.2, -0.15) is 0 Å². The Bertz CT molecular complexity index is 522. The molecule has 2 aliphatic rings. The molecule has 1 aromatic rings. The summed E-state index contributed by atoms with van der Waals surface area (Å²) in [6.45, 7) is 6.65. The molecule has 22 heavy (non-hydrogen) atoms. The van der Waals surface area contributed by atoms with Crippen LogP contribution in [0.15, 0.2) is 29.2 Å². The molecule has 1 atom stereocenters. The predicted molar refractivity (Wildman–Crippen MR) is 92.7 cm³/mol. The molecule has 1 N–H and O–H groups in total. The smallest absolute Gasteiger partial charge is 0.239 e. The molecule has 0 radical (unpaired) electrons. The number of para-hydroxylation sites is 1. The Morgan fingerprint density at radius 2 is 2.23 bits per heavy atom. The Kier molecular flexibility index (Phi) is 5.26. The standard InChI is InChI=1S/C17H25N3OS/c1-2-19-9-5-6-14(19)12-18-17(21)13-20-10-11-22-16-8-4-3-7-15(16)20/h3-4,7-8,14H,2,5-6,9-13H2,1H3,(H,18,21). The number of nitrogens with zero attached hydrogens (tertiary/aromatic N) is 2. The number of fused-ring (bicyclic) bond motifs is 1. The number of hydrogen-bond donors (Lipinski definition) is 1. The van der Waals surface area contributed by atoms with Gasteiger partial charge in [0.2, 0.25) is 5.91 Å². The molecule has 0 aromatic heterocycles. The van der Waals surface area contributed by atoms with Crippen LogP contribution in [0.3, 0.4) is 0 Å². The molecule has 4 nitrogen and oxygen atoms in total. The quantitative estimate of drug-likeness (QED) is 0.902. The molecule has 2 aliphatic heterocycles. The Balaban J connectivity index is 1.52. The van der Waals surface area contributed by atoms with Crippen molar-refractivity contribution in [3.8, 4) is 0 Å². The van der Waals surface area contributed by atoms with Gasteiger partial charge in [-0.25, -0.2) is 0 Å². The Morgan fingerprint density at radius 3 is 3.09 bits per heavy atom.